The summed E-state index contributed by atoms with van der Waals surface area (Å²) < 4.78 is 12.1. The number of benzene rings is 5. The van der Waals surface area contributed by atoms with Gasteiger partial charge in [-0.15, -0.1) is 0 Å². The van der Waals surface area contributed by atoms with Crippen molar-refractivity contribution in [2.24, 2.45) is 0 Å². The lowest BCUT2D eigenvalue weighted by Crippen LogP contribution is -2.29. The van der Waals surface area contributed by atoms with Crippen LogP contribution in [0.5, 0.6) is 11.5 Å². The van der Waals surface area contributed by atoms with Crippen LogP contribution in [0.3, 0.4) is 0 Å². The number of hydrogen-bond acceptors (Lipinski definition) is 6. The fourth-order valence-corrected chi connectivity index (χ4v) is 6.36. The van der Waals surface area contributed by atoms with Crippen LogP contribution in [-0.2, 0) is 18.6 Å². The second kappa shape index (κ2) is 12.4. The summed E-state index contributed by atoms with van der Waals surface area (Å²) in [5, 5.41) is 10.2. The van der Waals surface area contributed by atoms with E-state index in [1.807, 2.05) is 67.6 Å². The van der Waals surface area contributed by atoms with Gasteiger partial charge < -0.3 is 19.5 Å². The molecule has 0 spiro atoms. The van der Waals surface area contributed by atoms with Gasteiger partial charge in [0.05, 0.1) is 16.8 Å². The number of nitrogens with zero attached hydrogens (tertiary/aromatic N) is 2. The van der Waals surface area contributed by atoms with E-state index in [1.54, 1.807) is 43.4 Å². The molecule has 0 bridgehead atoms. The van der Waals surface area contributed by atoms with Gasteiger partial charge in [-0.1, -0.05) is 74.0 Å². The summed E-state index contributed by atoms with van der Waals surface area (Å²) in [4.78, 5) is 41.1. The van der Waals surface area contributed by atoms with Crippen LogP contribution in [0, 0.1) is 6.92 Å². The molecule has 0 aliphatic carbocycles. The maximum absolute atomic E-state index is 13.2. The predicted molar refractivity (Wildman–Crippen MR) is 186 cm³/mol. The first-order valence-electron chi connectivity index (χ1n) is 16.1. The Hall–Kier alpha value is -5.73. The Labute approximate surface area is 285 Å². The van der Waals surface area contributed by atoms with Crippen molar-refractivity contribution in [3.63, 3.8) is 0 Å². The fourth-order valence-electron chi connectivity index (χ4n) is 6.36. The van der Waals surface area contributed by atoms with Gasteiger partial charge in [0.2, 0.25) is 0 Å². The molecule has 0 fully saturated rings. The smallest absolute Gasteiger partial charge is 0.266 e. The Morgan fingerprint density at radius 3 is 1.71 bits per heavy atom. The van der Waals surface area contributed by atoms with Crippen molar-refractivity contribution in [1.82, 2.24) is 4.90 Å². The summed E-state index contributed by atoms with van der Waals surface area (Å²) in [5.41, 5.74) is 7.10. The summed E-state index contributed by atoms with van der Waals surface area (Å²) in [5.74, 6) is 0.566. The van der Waals surface area contributed by atoms with Gasteiger partial charge in [0.15, 0.2) is 6.23 Å². The molecule has 2 heterocycles. The molecule has 0 saturated heterocycles. The highest BCUT2D eigenvalue weighted by molar-refractivity contribution is 6.34. The molecule has 1 unspecified atom stereocenters. The van der Waals surface area contributed by atoms with E-state index >= 15 is 0 Å². The standard InChI is InChI=1S/C41H36N2O6/c1-25-5-13-30(14-6-25)43-39(46)34-20-8-27(22-36(34)40(43)47)24-49-32-17-11-29(12-18-32)41(2,3)28-9-15-31(16-10-28)48-23-26-7-19-33-35(21-26)38(45)42(4)37(33)44/h5-22,37,44H,23-24H2,1-4H3. The largest absolute Gasteiger partial charge is 0.489 e. The van der Waals surface area contributed by atoms with Crippen molar-refractivity contribution in [1.29, 1.82) is 0 Å². The van der Waals surface area contributed by atoms with Gasteiger partial charge in [0.1, 0.15) is 24.7 Å². The Morgan fingerprint density at radius 2 is 1.14 bits per heavy atom. The summed E-state index contributed by atoms with van der Waals surface area (Å²) in [6.45, 7) is 6.84. The zero-order valence-corrected chi connectivity index (χ0v) is 27.8. The van der Waals surface area contributed by atoms with Crippen LogP contribution in [0.15, 0.2) is 109 Å². The minimum Gasteiger partial charge on any atom is -0.489 e. The third-order valence-corrected chi connectivity index (χ3v) is 9.52. The van der Waals surface area contributed by atoms with Crippen molar-refractivity contribution in [2.75, 3.05) is 11.9 Å². The molecule has 0 aromatic heterocycles. The number of carbonyl (C=O) groups excluding carboxylic acids is 3. The third kappa shape index (κ3) is 5.85. The average molecular weight is 653 g/mol. The first-order valence-corrected chi connectivity index (χ1v) is 16.1. The first kappa shape index (κ1) is 31.8. The van der Waals surface area contributed by atoms with Crippen molar-refractivity contribution >= 4 is 23.4 Å². The number of anilines is 1. The minimum absolute atomic E-state index is 0.197. The number of rotatable bonds is 9. The van der Waals surface area contributed by atoms with E-state index in [0.29, 0.717) is 46.0 Å². The molecule has 2 aliphatic rings. The molecule has 1 N–H and O–H groups in total. The average Bonchev–Trinajstić information content (AvgIpc) is 3.49. The van der Waals surface area contributed by atoms with E-state index in [1.165, 1.54) is 9.80 Å². The number of carbonyl (C=O) groups is 3. The first-order chi connectivity index (χ1) is 23.5. The molecule has 49 heavy (non-hydrogen) atoms. The second-order valence-electron chi connectivity index (χ2n) is 13.1. The van der Waals surface area contributed by atoms with Crippen molar-refractivity contribution < 1.29 is 29.0 Å². The number of aliphatic hydroxyl groups is 1. The topological polar surface area (TPSA) is 96.4 Å². The Balaban J connectivity index is 0.965. The van der Waals surface area contributed by atoms with Gasteiger partial charge in [-0.25, -0.2) is 4.90 Å². The molecule has 7 rings (SSSR count). The van der Waals surface area contributed by atoms with E-state index in [9.17, 15) is 19.5 Å². The van der Waals surface area contributed by atoms with Crippen LogP contribution in [0.2, 0.25) is 0 Å². The number of imide groups is 1. The van der Waals surface area contributed by atoms with Crippen LogP contribution < -0.4 is 14.4 Å². The highest BCUT2D eigenvalue weighted by Crippen LogP contribution is 2.35. The monoisotopic (exact) mass is 652 g/mol. The third-order valence-electron chi connectivity index (χ3n) is 9.52. The van der Waals surface area contributed by atoms with E-state index in [2.05, 4.69) is 26.0 Å². The number of hydrogen-bond donors (Lipinski definition) is 1. The van der Waals surface area contributed by atoms with Gasteiger partial charge in [0.25, 0.3) is 17.7 Å². The second-order valence-corrected chi connectivity index (χ2v) is 13.1. The maximum atomic E-state index is 13.2. The molecule has 5 aromatic rings. The zero-order valence-electron chi connectivity index (χ0n) is 27.8. The summed E-state index contributed by atoms with van der Waals surface area (Å²) in [6.07, 6.45) is -0.911. The molecular weight excluding hydrogens is 616 g/mol. The Kier molecular flexibility index (Phi) is 8.04. The lowest BCUT2D eigenvalue weighted by Gasteiger charge is -2.26. The molecular formula is C41H36N2O6. The van der Waals surface area contributed by atoms with Crippen LogP contribution in [0.4, 0.5) is 5.69 Å². The van der Waals surface area contributed by atoms with Gasteiger partial charge in [0, 0.05) is 23.6 Å². The SMILES string of the molecule is Cc1ccc(N2C(=O)c3ccc(COc4ccc(C(C)(C)c5ccc(OCc6ccc7c(c6)C(=O)N(C)C7O)cc5)cc4)cc3C2=O)cc1. The molecule has 8 heteroatoms. The van der Waals surface area contributed by atoms with Crippen molar-refractivity contribution in [2.45, 2.75) is 45.6 Å². The van der Waals surface area contributed by atoms with Crippen molar-refractivity contribution in [3.8, 4) is 11.5 Å². The fraction of sp³-hybridized carbons (Fsp3) is 0.195. The van der Waals surface area contributed by atoms with E-state index < -0.39 is 6.23 Å². The molecule has 3 amide bonds. The highest BCUT2D eigenvalue weighted by Gasteiger charge is 2.37. The molecule has 1 atom stereocenters. The highest BCUT2D eigenvalue weighted by atomic mass is 16.5. The van der Waals surface area contributed by atoms with E-state index in [0.717, 1.165) is 27.8 Å². The van der Waals surface area contributed by atoms with Crippen LogP contribution >= 0.6 is 0 Å². The van der Waals surface area contributed by atoms with Crippen LogP contribution in [-0.4, -0.2) is 34.8 Å². The maximum Gasteiger partial charge on any atom is 0.266 e. The molecule has 0 radical (unpaired) electrons. The van der Waals surface area contributed by atoms with Crippen molar-refractivity contribution in [3.05, 3.63) is 159 Å². The van der Waals surface area contributed by atoms with Crippen LogP contribution in [0.25, 0.3) is 0 Å². The van der Waals surface area contributed by atoms with E-state index in [-0.39, 0.29) is 29.7 Å². The molecule has 5 aromatic carbocycles. The Morgan fingerprint density at radius 1 is 0.633 bits per heavy atom. The number of aliphatic hydroxyl groups excluding tert-OH is 1. The van der Waals surface area contributed by atoms with Gasteiger partial charge in [-0.3, -0.25) is 14.4 Å². The summed E-state index contributed by atoms with van der Waals surface area (Å²) >= 11 is 0. The number of aryl methyl sites for hydroxylation is 1. The lowest BCUT2D eigenvalue weighted by molar-refractivity contribution is 0.0301. The van der Waals surface area contributed by atoms with Gasteiger partial charge in [-0.2, -0.15) is 0 Å². The van der Waals surface area contributed by atoms with Gasteiger partial charge in [-0.05, 0) is 83.8 Å². The zero-order chi connectivity index (χ0) is 34.4. The number of ether oxygens (including phenoxy) is 2. The lowest BCUT2D eigenvalue weighted by atomic mass is 9.78. The summed E-state index contributed by atoms with van der Waals surface area (Å²) in [6, 6.07) is 34.0. The molecule has 2 aliphatic heterocycles. The van der Waals surface area contributed by atoms with E-state index in [4.69, 9.17) is 9.47 Å². The minimum atomic E-state index is -0.911. The molecule has 8 nitrogen and oxygen atoms in total. The number of amides is 3. The normalized spacial score (nSPS) is 15.4. The molecule has 0 saturated carbocycles. The predicted octanol–water partition coefficient (Wildman–Crippen LogP) is 7.36. The van der Waals surface area contributed by atoms with Gasteiger partial charge >= 0.3 is 0 Å². The summed E-state index contributed by atoms with van der Waals surface area (Å²) in [7, 11) is 1.58. The quantitative estimate of drug-likeness (QED) is 0.167. The Bertz CT molecular complexity index is 2090. The van der Waals surface area contributed by atoms with Crippen LogP contribution in [0.1, 0.15) is 84.5 Å². The molecule has 246 valence electrons. The number of fused-ring (bicyclic) bond motifs is 2.